The number of rotatable bonds is 4. The molecule has 1 aliphatic rings. The molecule has 3 rings (SSSR count). The van der Waals surface area contributed by atoms with Crippen LogP contribution in [0.4, 0.5) is 11.4 Å². The quantitative estimate of drug-likeness (QED) is 0.846. The highest BCUT2D eigenvalue weighted by molar-refractivity contribution is 5.72. The van der Waals surface area contributed by atoms with Crippen LogP contribution in [0.25, 0.3) is 0 Å². The van der Waals surface area contributed by atoms with Gasteiger partial charge in [-0.15, -0.1) is 0 Å². The van der Waals surface area contributed by atoms with E-state index in [9.17, 15) is 0 Å². The third-order valence-corrected chi connectivity index (χ3v) is 3.68. The van der Waals surface area contributed by atoms with Crippen LogP contribution in [0.3, 0.4) is 0 Å². The van der Waals surface area contributed by atoms with Crippen molar-refractivity contribution < 1.29 is 9.47 Å². The molecule has 0 bridgehead atoms. The molecule has 21 heavy (non-hydrogen) atoms. The summed E-state index contributed by atoms with van der Waals surface area (Å²) in [5.41, 5.74) is 8.95. The predicted octanol–water partition coefficient (Wildman–Crippen LogP) is 3.26. The van der Waals surface area contributed by atoms with Crippen LogP contribution in [0.15, 0.2) is 42.5 Å². The van der Waals surface area contributed by atoms with Gasteiger partial charge in [-0.2, -0.15) is 0 Å². The smallest absolute Gasteiger partial charge is 0.163 e. The molecule has 0 radical (unpaired) electrons. The molecular weight excluding hydrogens is 264 g/mol. The van der Waals surface area contributed by atoms with Crippen LogP contribution in [-0.4, -0.2) is 19.8 Å². The highest BCUT2D eigenvalue weighted by atomic mass is 16.6. The number of nitrogen functional groups attached to an aromatic ring is 1. The van der Waals surface area contributed by atoms with E-state index in [1.54, 1.807) is 0 Å². The summed E-state index contributed by atoms with van der Waals surface area (Å²) >= 11 is 0. The lowest BCUT2D eigenvalue weighted by Gasteiger charge is -2.21. The first-order valence-electron chi connectivity index (χ1n) is 7.22. The standard InChI is InChI=1S/C17H20N2O2/c1-12(13-5-3-2-4-6-13)11-19-15-10-17-16(9-14(15)18)20-7-8-21-17/h2-6,9-10,12,19H,7-8,11,18H2,1H3. The largest absolute Gasteiger partial charge is 0.486 e. The third kappa shape index (κ3) is 3.05. The van der Waals surface area contributed by atoms with Gasteiger partial charge >= 0.3 is 0 Å². The molecule has 1 unspecified atom stereocenters. The van der Waals surface area contributed by atoms with E-state index in [1.165, 1.54) is 5.56 Å². The van der Waals surface area contributed by atoms with Gasteiger partial charge in [-0.05, 0) is 11.5 Å². The van der Waals surface area contributed by atoms with Gasteiger partial charge in [0.05, 0.1) is 11.4 Å². The van der Waals surface area contributed by atoms with E-state index in [2.05, 4.69) is 36.5 Å². The van der Waals surface area contributed by atoms with Crippen LogP contribution in [0.5, 0.6) is 11.5 Å². The Morgan fingerprint density at radius 2 is 1.76 bits per heavy atom. The molecule has 1 heterocycles. The summed E-state index contributed by atoms with van der Waals surface area (Å²) in [6, 6.07) is 14.2. The summed E-state index contributed by atoms with van der Waals surface area (Å²) in [5.74, 6) is 1.88. The van der Waals surface area contributed by atoms with E-state index in [0.29, 0.717) is 24.8 Å². The molecule has 0 aliphatic carbocycles. The topological polar surface area (TPSA) is 56.5 Å². The van der Waals surface area contributed by atoms with Crippen molar-refractivity contribution in [3.8, 4) is 11.5 Å². The van der Waals surface area contributed by atoms with Gasteiger partial charge in [0.2, 0.25) is 0 Å². The number of anilines is 2. The Balaban J connectivity index is 1.70. The summed E-state index contributed by atoms with van der Waals surface area (Å²) in [4.78, 5) is 0. The number of fused-ring (bicyclic) bond motifs is 1. The zero-order valence-electron chi connectivity index (χ0n) is 12.1. The van der Waals surface area contributed by atoms with E-state index >= 15 is 0 Å². The lowest BCUT2D eigenvalue weighted by atomic mass is 10.0. The molecule has 110 valence electrons. The maximum Gasteiger partial charge on any atom is 0.163 e. The Morgan fingerprint density at radius 1 is 1.10 bits per heavy atom. The summed E-state index contributed by atoms with van der Waals surface area (Å²) in [6.07, 6.45) is 0. The van der Waals surface area contributed by atoms with Crippen LogP contribution < -0.4 is 20.5 Å². The predicted molar refractivity (Wildman–Crippen MR) is 85.2 cm³/mol. The Bertz CT molecular complexity index is 614. The number of nitrogens with one attached hydrogen (secondary N) is 1. The minimum Gasteiger partial charge on any atom is -0.486 e. The molecule has 0 amide bonds. The van der Waals surface area contributed by atoms with Crippen molar-refractivity contribution in [1.29, 1.82) is 0 Å². The molecule has 1 aliphatic heterocycles. The van der Waals surface area contributed by atoms with Gasteiger partial charge in [0.15, 0.2) is 11.5 Å². The monoisotopic (exact) mass is 284 g/mol. The molecule has 0 spiro atoms. The number of hydrogen-bond acceptors (Lipinski definition) is 4. The van der Waals surface area contributed by atoms with E-state index in [-0.39, 0.29) is 0 Å². The first-order valence-corrected chi connectivity index (χ1v) is 7.22. The molecule has 0 saturated carbocycles. The summed E-state index contributed by atoms with van der Waals surface area (Å²) in [5, 5.41) is 3.40. The number of nitrogens with two attached hydrogens (primary N) is 1. The van der Waals surface area contributed by atoms with Crippen LogP contribution in [0.1, 0.15) is 18.4 Å². The fraction of sp³-hybridized carbons (Fsp3) is 0.294. The molecule has 4 heteroatoms. The van der Waals surface area contributed by atoms with Gasteiger partial charge in [0.25, 0.3) is 0 Å². The maximum absolute atomic E-state index is 6.07. The third-order valence-electron chi connectivity index (χ3n) is 3.68. The van der Waals surface area contributed by atoms with E-state index in [4.69, 9.17) is 15.2 Å². The minimum atomic E-state index is 0.402. The summed E-state index contributed by atoms with van der Waals surface area (Å²) in [6.45, 7) is 4.16. The fourth-order valence-electron chi connectivity index (χ4n) is 2.42. The molecule has 2 aromatic carbocycles. The van der Waals surface area contributed by atoms with Crippen LogP contribution >= 0.6 is 0 Å². The molecule has 0 aromatic heterocycles. The highest BCUT2D eigenvalue weighted by Crippen LogP contribution is 2.37. The van der Waals surface area contributed by atoms with Crippen molar-refractivity contribution in [3.63, 3.8) is 0 Å². The van der Waals surface area contributed by atoms with Gasteiger partial charge in [0.1, 0.15) is 13.2 Å². The van der Waals surface area contributed by atoms with Crippen molar-refractivity contribution in [3.05, 3.63) is 48.0 Å². The molecule has 0 fully saturated rings. The van der Waals surface area contributed by atoms with Gasteiger partial charge in [0, 0.05) is 18.7 Å². The van der Waals surface area contributed by atoms with Gasteiger partial charge in [-0.3, -0.25) is 0 Å². The van der Waals surface area contributed by atoms with Gasteiger partial charge < -0.3 is 20.5 Å². The molecule has 2 aromatic rings. The number of ether oxygens (including phenoxy) is 2. The molecular formula is C17H20N2O2. The first-order chi connectivity index (χ1) is 10.2. The minimum absolute atomic E-state index is 0.402. The second-order valence-corrected chi connectivity index (χ2v) is 5.28. The molecule has 0 saturated heterocycles. The lowest BCUT2D eigenvalue weighted by molar-refractivity contribution is 0.172. The normalized spacial score (nSPS) is 14.5. The zero-order valence-corrected chi connectivity index (χ0v) is 12.1. The summed E-state index contributed by atoms with van der Waals surface area (Å²) in [7, 11) is 0. The van der Waals surface area contributed by atoms with Crippen molar-refractivity contribution in [2.24, 2.45) is 0 Å². The van der Waals surface area contributed by atoms with Crippen LogP contribution in [0.2, 0.25) is 0 Å². The van der Waals surface area contributed by atoms with E-state index in [0.717, 1.165) is 23.7 Å². The highest BCUT2D eigenvalue weighted by Gasteiger charge is 2.15. The average molecular weight is 284 g/mol. The molecule has 1 atom stereocenters. The lowest BCUT2D eigenvalue weighted by Crippen LogP contribution is -2.17. The second-order valence-electron chi connectivity index (χ2n) is 5.28. The van der Waals surface area contributed by atoms with Crippen LogP contribution in [0, 0.1) is 0 Å². The van der Waals surface area contributed by atoms with Crippen molar-refractivity contribution in [2.45, 2.75) is 12.8 Å². The van der Waals surface area contributed by atoms with Crippen molar-refractivity contribution in [1.82, 2.24) is 0 Å². The molecule has 3 N–H and O–H groups in total. The fourth-order valence-corrected chi connectivity index (χ4v) is 2.42. The summed E-state index contributed by atoms with van der Waals surface area (Å²) < 4.78 is 11.1. The maximum atomic E-state index is 6.07. The van der Waals surface area contributed by atoms with E-state index in [1.807, 2.05) is 18.2 Å². The molecule has 4 nitrogen and oxygen atoms in total. The number of hydrogen-bond donors (Lipinski definition) is 2. The van der Waals surface area contributed by atoms with Gasteiger partial charge in [-0.25, -0.2) is 0 Å². The second kappa shape index (κ2) is 5.95. The Morgan fingerprint density at radius 3 is 2.48 bits per heavy atom. The van der Waals surface area contributed by atoms with Gasteiger partial charge in [-0.1, -0.05) is 37.3 Å². The average Bonchev–Trinajstić information content (AvgIpc) is 2.53. The SMILES string of the molecule is CC(CNc1cc2c(cc1N)OCCO2)c1ccccc1. The van der Waals surface area contributed by atoms with Crippen molar-refractivity contribution >= 4 is 11.4 Å². The Hall–Kier alpha value is -2.36. The Kier molecular flexibility index (Phi) is 3.86. The van der Waals surface area contributed by atoms with Crippen molar-refractivity contribution in [2.75, 3.05) is 30.8 Å². The first kappa shape index (κ1) is 13.6. The van der Waals surface area contributed by atoms with E-state index < -0.39 is 0 Å². The number of benzene rings is 2. The van der Waals surface area contributed by atoms with Crippen LogP contribution in [-0.2, 0) is 0 Å². The zero-order chi connectivity index (χ0) is 14.7. The Labute approximate surface area is 124 Å².